The van der Waals surface area contributed by atoms with Crippen molar-refractivity contribution >= 4 is 5.91 Å². The van der Waals surface area contributed by atoms with Gasteiger partial charge in [0.05, 0.1) is 11.6 Å². The Morgan fingerprint density at radius 2 is 1.92 bits per heavy atom. The van der Waals surface area contributed by atoms with Crippen molar-refractivity contribution < 1.29 is 9.53 Å². The zero-order valence-electron chi connectivity index (χ0n) is 15.0. The van der Waals surface area contributed by atoms with E-state index in [4.69, 9.17) is 10.00 Å². The number of nitriles is 1. The van der Waals surface area contributed by atoms with Gasteiger partial charge in [0.1, 0.15) is 12.4 Å². The third kappa shape index (κ3) is 4.13. The van der Waals surface area contributed by atoms with Crippen LogP contribution in [-0.4, -0.2) is 54.0 Å². The minimum Gasteiger partial charge on any atom is -0.492 e. The molecular formula is C20H27N3O2. The molecule has 0 aromatic heterocycles. The number of benzene rings is 1. The monoisotopic (exact) mass is 341 g/mol. The third-order valence-corrected chi connectivity index (χ3v) is 5.41. The average Bonchev–Trinajstić information content (AvgIpc) is 3.30. The average molecular weight is 341 g/mol. The molecule has 2 saturated heterocycles. The minimum absolute atomic E-state index is 0.295. The molecule has 0 saturated carbocycles. The molecule has 1 amide bonds. The lowest BCUT2D eigenvalue weighted by Gasteiger charge is -2.35. The van der Waals surface area contributed by atoms with Gasteiger partial charge in [-0.1, -0.05) is 6.92 Å². The van der Waals surface area contributed by atoms with Gasteiger partial charge in [0.25, 0.3) is 0 Å². The molecule has 2 aliphatic heterocycles. The zero-order chi connectivity index (χ0) is 17.6. The quantitative estimate of drug-likeness (QED) is 0.798. The number of carbonyl (C=O) groups is 1. The zero-order valence-corrected chi connectivity index (χ0v) is 15.0. The Morgan fingerprint density at radius 1 is 1.20 bits per heavy atom. The SMILES string of the molecule is CCC(=O)N1CCC[C@@H]1[C@H]1CCCN1CCOc1ccc(C#N)cc1. The van der Waals surface area contributed by atoms with Crippen LogP contribution in [0.15, 0.2) is 24.3 Å². The van der Waals surface area contributed by atoms with Crippen LogP contribution in [0, 0.1) is 11.3 Å². The summed E-state index contributed by atoms with van der Waals surface area (Å²) in [6.07, 6.45) is 5.23. The molecule has 2 atom stereocenters. The lowest BCUT2D eigenvalue weighted by Crippen LogP contribution is -2.49. The fourth-order valence-electron chi connectivity index (χ4n) is 4.18. The van der Waals surface area contributed by atoms with Crippen LogP contribution < -0.4 is 4.74 Å². The molecule has 0 bridgehead atoms. The Kier molecular flexibility index (Phi) is 5.93. The fourth-order valence-corrected chi connectivity index (χ4v) is 4.18. The van der Waals surface area contributed by atoms with E-state index in [0.717, 1.165) is 38.2 Å². The summed E-state index contributed by atoms with van der Waals surface area (Å²) in [5.41, 5.74) is 0.647. The Labute approximate surface area is 150 Å². The Bertz CT molecular complexity index is 623. The first-order chi connectivity index (χ1) is 12.2. The summed E-state index contributed by atoms with van der Waals surface area (Å²) >= 11 is 0. The van der Waals surface area contributed by atoms with Crippen LogP contribution in [-0.2, 0) is 4.79 Å². The molecule has 5 heteroatoms. The van der Waals surface area contributed by atoms with Crippen molar-refractivity contribution in [3.8, 4) is 11.8 Å². The first-order valence-corrected chi connectivity index (χ1v) is 9.39. The maximum atomic E-state index is 12.2. The summed E-state index contributed by atoms with van der Waals surface area (Å²) in [5, 5.41) is 8.83. The van der Waals surface area contributed by atoms with Gasteiger partial charge in [-0.25, -0.2) is 0 Å². The van der Waals surface area contributed by atoms with E-state index in [9.17, 15) is 4.79 Å². The molecule has 25 heavy (non-hydrogen) atoms. The van der Waals surface area contributed by atoms with Crippen molar-refractivity contribution in [1.82, 2.24) is 9.80 Å². The number of carbonyl (C=O) groups excluding carboxylic acids is 1. The molecule has 0 radical (unpaired) electrons. The molecule has 0 unspecified atom stereocenters. The number of likely N-dealkylation sites (tertiary alicyclic amines) is 2. The highest BCUT2D eigenvalue weighted by Crippen LogP contribution is 2.30. The largest absolute Gasteiger partial charge is 0.492 e. The number of rotatable bonds is 6. The molecule has 1 aromatic rings. The number of hydrogen-bond acceptors (Lipinski definition) is 4. The molecule has 5 nitrogen and oxygen atoms in total. The van der Waals surface area contributed by atoms with Crippen LogP contribution >= 0.6 is 0 Å². The van der Waals surface area contributed by atoms with Gasteiger partial charge in [-0.15, -0.1) is 0 Å². The lowest BCUT2D eigenvalue weighted by molar-refractivity contribution is -0.132. The number of nitrogens with zero attached hydrogens (tertiary/aromatic N) is 3. The van der Waals surface area contributed by atoms with Crippen LogP contribution in [0.2, 0.25) is 0 Å². The highest BCUT2D eigenvalue weighted by molar-refractivity contribution is 5.76. The smallest absolute Gasteiger partial charge is 0.222 e. The molecule has 0 N–H and O–H groups in total. The van der Waals surface area contributed by atoms with Crippen LogP contribution in [0.3, 0.4) is 0 Å². The van der Waals surface area contributed by atoms with Crippen molar-refractivity contribution in [2.75, 3.05) is 26.2 Å². The Balaban J connectivity index is 1.53. The molecule has 0 aliphatic carbocycles. The van der Waals surface area contributed by atoms with Crippen LogP contribution in [0.1, 0.15) is 44.6 Å². The van der Waals surface area contributed by atoms with E-state index in [1.165, 1.54) is 12.8 Å². The number of amides is 1. The summed E-state index contributed by atoms with van der Waals surface area (Å²) in [6.45, 7) is 5.48. The van der Waals surface area contributed by atoms with Crippen LogP contribution in [0.4, 0.5) is 0 Å². The molecular weight excluding hydrogens is 314 g/mol. The van der Waals surface area contributed by atoms with Gasteiger partial charge >= 0.3 is 0 Å². The second-order valence-corrected chi connectivity index (χ2v) is 6.88. The van der Waals surface area contributed by atoms with Gasteiger partial charge < -0.3 is 9.64 Å². The standard InChI is InChI=1S/C20H27N3O2/c1-2-20(24)23-12-4-6-19(23)18-5-3-11-22(18)13-14-25-17-9-7-16(15-21)8-10-17/h7-10,18-19H,2-6,11-14H2,1H3/t18-,19-/m1/s1. The van der Waals surface area contributed by atoms with E-state index in [2.05, 4.69) is 15.9 Å². The van der Waals surface area contributed by atoms with Crippen molar-refractivity contribution in [3.63, 3.8) is 0 Å². The van der Waals surface area contributed by atoms with Crippen molar-refractivity contribution in [2.24, 2.45) is 0 Å². The Morgan fingerprint density at radius 3 is 2.64 bits per heavy atom. The van der Waals surface area contributed by atoms with E-state index in [1.807, 2.05) is 19.1 Å². The second-order valence-electron chi connectivity index (χ2n) is 6.88. The molecule has 1 aromatic carbocycles. The van der Waals surface area contributed by atoms with Crippen molar-refractivity contribution in [2.45, 2.75) is 51.1 Å². The van der Waals surface area contributed by atoms with Gasteiger partial charge in [0.15, 0.2) is 0 Å². The van der Waals surface area contributed by atoms with E-state index in [-0.39, 0.29) is 0 Å². The minimum atomic E-state index is 0.295. The third-order valence-electron chi connectivity index (χ3n) is 5.41. The number of ether oxygens (including phenoxy) is 1. The lowest BCUT2D eigenvalue weighted by atomic mass is 10.0. The van der Waals surface area contributed by atoms with Gasteiger partial charge in [-0.05, 0) is 56.5 Å². The summed E-state index contributed by atoms with van der Waals surface area (Å²) < 4.78 is 5.84. The molecule has 134 valence electrons. The summed E-state index contributed by atoms with van der Waals surface area (Å²) in [4.78, 5) is 16.8. The van der Waals surface area contributed by atoms with Gasteiger partial charge in [0.2, 0.25) is 5.91 Å². The predicted octanol–water partition coefficient (Wildman–Crippen LogP) is 2.80. The fraction of sp³-hybridized carbons (Fsp3) is 0.600. The first-order valence-electron chi connectivity index (χ1n) is 9.39. The summed E-state index contributed by atoms with van der Waals surface area (Å²) in [6, 6.07) is 10.2. The van der Waals surface area contributed by atoms with Gasteiger partial charge in [-0.3, -0.25) is 9.69 Å². The summed E-state index contributed by atoms with van der Waals surface area (Å²) in [7, 11) is 0. The molecule has 0 spiro atoms. The highest BCUT2D eigenvalue weighted by atomic mass is 16.5. The molecule has 3 rings (SSSR count). The molecule has 2 heterocycles. The normalized spacial score (nSPS) is 23.6. The number of hydrogen-bond donors (Lipinski definition) is 0. The van der Waals surface area contributed by atoms with Crippen molar-refractivity contribution in [3.05, 3.63) is 29.8 Å². The van der Waals surface area contributed by atoms with E-state index < -0.39 is 0 Å². The van der Waals surface area contributed by atoms with Crippen LogP contribution in [0.25, 0.3) is 0 Å². The highest BCUT2D eigenvalue weighted by Gasteiger charge is 2.38. The Hall–Kier alpha value is -2.06. The van der Waals surface area contributed by atoms with Gasteiger partial charge in [0, 0.05) is 31.6 Å². The predicted molar refractivity (Wildman–Crippen MR) is 96.3 cm³/mol. The topological polar surface area (TPSA) is 56.6 Å². The van der Waals surface area contributed by atoms with Crippen molar-refractivity contribution in [1.29, 1.82) is 5.26 Å². The van der Waals surface area contributed by atoms with E-state index >= 15 is 0 Å². The second kappa shape index (κ2) is 8.35. The van der Waals surface area contributed by atoms with E-state index in [1.54, 1.807) is 12.1 Å². The van der Waals surface area contributed by atoms with Crippen LogP contribution in [0.5, 0.6) is 5.75 Å². The maximum Gasteiger partial charge on any atom is 0.222 e. The maximum absolute atomic E-state index is 12.2. The molecule has 2 fully saturated rings. The summed E-state index contributed by atoms with van der Waals surface area (Å²) in [5.74, 6) is 1.10. The van der Waals surface area contributed by atoms with E-state index in [0.29, 0.717) is 36.6 Å². The first kappa shape index (κ1) is 17.8. The van der Waals surface area contributed by atoms with Gasteiger partial charge in [-0.2, -0.15) is 5.26 Å². The molecule has 2 aliphatic rings.